The zero-order valence-electron chi connectivity index (χ0n) is 13.0. The lowest BCUT2D eigenvalue weighted by molar-refractivity contribution is 0.410. The van der Waals surface area contributed by atoms with Gasteiger partial charge in [0.25, 0.3) is 0 Å². The second kappa shape index (κ2) is 6.54. The van der Waals surface area contributed by atoms with Gasteiger partial charge in [-0.1, -0.05) is 23.7 Å². The van der Waals surface area contributed by atoms with E-state index < -0.39 is 19.9 Å². The summed E-state index contributed by atoms with van der Waals surface area (Å²) in [4.78, 5) is 0. The van der Waals surface area contributed by atoms with E-state index in [1.54, 1.807) is 12.1 Å². The Bertz CT molecular complexity index is 977. The molecule has 0 spiro atoms. The van der Waals surface area contributed by atoms with Gasteiger partial charge in [-0.2, -0.15) is 0 Å². The maximum Gasteiger partial charge on any atom is 0.238 e. The molecular weight excluding hydrogens is 378 g/mol. The minimum Gasteiger partial charge on any atom is -0.493 e. The molecule has 130 valence electrons. The van der Waals surface area contributed by atoms with Crippen molar-refractivity contribution in [2.24, 2.45) is 0 Å². The number of methoxy groups -OCH3 is 1. The molecule has 1 aromatic carbocycles. The number of hydrogen-bond donors (Lipinski definition) is 0. The number of aromatic nitrogens is 2. The highest BCUT2D eigenvalue weighted by atomic mass is 35.5. The first-order chi connectivity index (χ1) is 11.1. The third kappa shape index (κ3) is 3.77. The molecule has 0 saturated carbocycles. The van der Waals surface area contributed by atoms with E-state index >= 15 is 0 Å². The van der Waals surface area contributed by atoms with E-state index in [1.165, 1.54) is 19.2 Å². The summed E-state index contributed by atoms with van der Waals surface area (Å²) in [5.74, 6) is -0.267. The maximum absolute atomic E-state index is 12.3. The van der Waals surface area contributed by atoms with Gasteiger partial charge in [-0.15, -0.1) is 10.2 Å². The standard InChI is InChI=1S/C13H14ClN3O5S2/c1-22-11-8-12(23(2,18)19)15-16-13(11)17(24(3,20)21)10-7-5-4-6-9(10)14/h4-8H,1-3H3. The van der Waals surface area contributed by atoms with Crippen LogP contribution in [0, 0.1) is 0 Å². The van der Waals surface area contributed by atoms with Gasteiger partial charge < -0.3 is 4.74 Å². The van der Waals surface area contributed by atoms with Crippen LogP contribution in [0.4, 0.5) is 11.5 Å². The van der Waals surface area contributed by atoms with Crippen molar-refractivity contribution >= 4 is 43.0 Å². The largest absolute Gasteiger partial charge is 0.493 e. The first-order valence-corrected chi connectivity index (χ1v) is 10.5. The summed E-state index contributed by atoms with van der Waals surface area (Å²) in [6, 6.07) is 7.34. The van der Waals surface area contributed by atoms with Crippen molar-refractivity contribution in [1.82, 2.24) is 10.2 Å². The van der Waals surface area contributed by atoms with Crippen molar-refractivity contribution in [2.75, 3.05) is 23.9 Å². The number of rotatable bonds is 5. The number of sulfonamides is 1. The van der Waals surface area contributed by atoms with Gasteiger partial charge in [0.2, 0.25) is 15.8 Å². The van der Waals surface area contributed by atoms with Crippen LogP contribution in [0.3, 0.4) is 0 Å². The Balaban J connectivity index is 2.76. The number of nitrogens with zero attached hydrogens (tertiary/aromatic N) is 3. The lowest BCUT2D eigenvalue weighted by atomic mass is 10.3. The summed E-state index contributed by atoms with van der Waals surface area (Å²) in [5.41, 5.74) is 0.140. The van der Waals surface area contributed by atoms with Crippen LogP contribution < -0.4 is 9.04 Å². The van der Waals surface area contributed by atoms with E-state index in [0.717, 1.165) is 22.9 Å². The van der Waals surface area contributed by atoms with Gasteiger partial charge in [-0.05, 0) is 12.1 Å². The van der Waals surface area contributed by atoms with Crippen LogP contribution in [0.5, 0.6) is 5.75 Å². The van der Waals surface area contributed by atoms with Gasteiger partial charge in [0.05, 0.1) is 24.1 Å². The smallest absolute Gasteiger partial charge is 0.238 e. The van der Waals surface area contributed by atoms with Crippen molar-refractivity contribution in [3.8, 4) is 5.75 Å². The zero-order chi connectivity index (χ0) is 18.1. The number of halogens is 1. The number of benzene rings is 1. The van der Waals surface area contributed by atoms with Gasteiger partial charge in [0.15, 0.2) is 20.6 Å². The number of sulfone groups is 1. The molecule has 0 radical (unpaired) electrons. The lowest BCUT2D eigenvalue weighted by Gasteiger charge is -2.23. The van der Waals surface area contributed by atoms with Crippen molar-refractivity contribution in [3.63, 3.8) is 0 Å². The quantitative estimate of drug-likeness (QED) is 0.762. The predicted octanol–water partition coefficient (Wildman–Crippen LogP) is 1.64. The summed E-state index contributed by atoms with van der Waals surface area (Å²) in [7, 11) is -6.23. The average molecular weight is 392 g/mol. The van der Waals surface area contributed by atoms with E-state index in [0.29, 0.717) is 0 Å². The van der Waals surface area contributed by atoms with E-state index in [9.17, 15) is 16.8 Å². The van der Waals surface area contributed by atoms with Crippen molar-refractivity contribution in [2.45, 2.75) is 5.03 Å². The third-order valence-electron chi connectivity index (χ3n) is 2.91. The predicted molar refractivity (Wildman–Crippen MR) is 90.1 cm³/mol. The Labute approximate surface area is 145 Å². The topological polar surface area (TPSA) is 107 Å². The highest BCUT2D eigenvalue weighted by Crippen LogP contribution is 2.37. The van der Waals surface area contributed by atoms with E-state index in [4.69, 9.17) is 16.3 Å². The fourth-order valence-electron chi connectivity index (χ4n) is 1.89. The molecule has 1 aromatic heterocycles. The summed E-state index contributed by atoms with van der Waals surface area (Å²) in [6.07, 6.45) is 1.92. The van der Waals surface area contributed by atoms with Crippen LogP contribution in [0.1, 0.15) is 0 Å². The molecule has 0 N–H and O–H groups in total. The zero-order valence-corrected chi connectivity index (χ0v) is 15.4. The highest BCUT2D eigenvalue weighted by molar-refractivity contribution is 7.92. The first kappa shape index (κ1) is 18.4. The minimum absolute atomic E-state index is 0.0734. The second-order valence-electron chi connectivity index (χ2n) is 4.83. The Kier molecular flexibility index (Phi) is 5.02. The SMILES string of the molecule is COc1cc(S(C)(=O)=O)nnc1N(c1ccccc1Cl)S(C)(=O)=O. The second-order valence-corrected chi connectivity index (χ2v) is 9.03. The Morgan fingerprint density at radius 3 is 2.21 bits per heavy atom. The van der Waals surface area contributed by atoms with Crippen LogP contribution >= 0.6 is 11.6 Å². The molecule has 0 aliphatic heterocycles. The Morgan fingerprint density at radius 2 is 1.71 bits per heavy atom. The molecule has 11 heteroatoms. The molecule has 0 fully saturated rings. The van der Waals surface area contributed by atoms with E-state index in [1.807, 2.05) is 0 Å². The van der Waals surface area contributed by atoms with Crippen LogP contribution in [0.25, 0.3) is 0 Å². The maximum atomic E-state index is 12.3. The summed E-state index contributed by atoms with van der Waals surface area (Å²) in [5, 5.41) is 7.14. The minimum atomic E-state index is -3.86. The van der Waals surface area contributed by atoms with Crippen LogP contribution in [0.2, 0.25) is 5.02 Å². The fraction of sp³-hybridized carbons (Fsp3) is 0.231. The molecule has 24 heavy (non-hydrogen) atoms. The molecule has 2 rings (SSSR count). The van der Waals surface area contributed by atoms with Crippen molar-refractivity contribution < 1.29 is 21.6 Å². The molecule has 1 heterocycles. The number of anilines is 2. The number of ether oxygens (including phenoxy) is 1. The number of para-hydroxylation sites is 1. The monoisotopic (exact) mass is 391 g/mol. The molecule has 0 unspecified atom stereocenters. The molecule has 0 bridgehead atoms. The van der Waals surface area contributed by atoms with Gasteiger partial charge in [0.1, 0.15) is 0 Å². The van der Waals surface area contributed by atoms with E-state index in [2.05, 4.69) is 10.2 Å². The fourth-order valence-corrected chi connectivity index (χ4v) is 3.63. The van der Waals surface area contributed by atoms with Crippen LogP contribution in [0.15, 0.2) is 35.4 Å². The van der Waals surface area contributed by atoms with Crippen LogP contribution in [-0.2, 0) is 19.9 Å². The van der Waals surface area contributed by atoms with Gasteiger partial charge in [-0.3, -0.25) is 0 Å². The molecular formula is C13H14ClN3O5S2. The van der Waals surface area contributed by atoms with Crippen LogP contribution in [-0.4, -0.2) is 46.7 Å². The number of hydrogen-bond acceptors (Lipinski definition) is 7. The normalized spacial score (nSPS) is 12.0. The summed E-state index contributed by atoms with van der Waals surface area (Å²) < 4.78 is 53.6. The molecule has 0 saturated heterocycles. The molecule has 0 aliphatic carbocycles. The molecule has 0 amide bonds. The molecule has 2 aromatic rings. The third-order valence-corrected chi connectivity index (χ3v) is 5.23. The van der Waals surface area contributed by atoms with Gasteiger partial charge >= 0.3 is 0 Å². The van der Waals surface area contributed by atoms with Crippen molar-refractivity contribution in [1.29, 1.82) is 0 Å². The highest BCUT2D eigenvalue weighted by Gasteiger charge is 2.28. The summed E-state index contributed by atoms with van der Waals surface area (Å²) >= 11 is 6.08. The first-order valence-electron chi connectivity index (χ1n) is 6.42. The van der Waals surface area contributed by atoms with Gasteiger partial charge in [-0.25, -0.2) is 21.1 Å². The summed E-state index contributed by atoms with van der Waals surface area (Å²) in [6.45, 7) is 0. The molecule has 8 nitrogen and oxygen atoms in total. The Hall–Kier alpha value is -1.91. The van der Waals surface area contributed by atoms with Crippen molar-refractivity contribution in [3.05, 3.63) is 35.4 Å². The van der Waals surface area contributed by atoms with Gasteiger partial charge in [0, 0.05) is 12.3 Å². The average Bonchev–Trinajstić information content (AvgIpc) is 2.47. The van der Waals surface area contributed by atoms with E-state index in [-0.39, 0.29) is 27.3 Å². The molecule has 0 atom stereocenters. The Morgan fingerprint density at radius 1 is 1.08 bits per heavy atom. The molecule has 0 aliphatic rings. The lowest BCUT2D eigenvalue weighted by Crippen LogP contribution is -2.27.